The predicted octanol–water partition coefficient (Wildman–Crippen LogP) is 7.19. The van der Waals surface area contributed by atoms with E-state index in [2.05, 4.69) is 24.3 Å². The third-order valence-corrected chi connectivity index (χ3v) is 7.11. The van der Waals surface area contributed by atoms with Crippen LogP contribution in [0.15, 0.2) is 84.9 Å². The van der Waals surface area contributed by atoms with Crippen molar-refractivity contribution in [1.82, 2.24) is 4.98 Å². The molecule has 1 heterocycles. The lowest BCUT2D eigenvalue weighted by atomic mass is 10.0. The predicted molar refractivity (Wildman–Crippen MR) is 135 cm³/mol. The minimum Gasteiger partial charge on any atom is -0.283 e. The van der Waals surface area contributed by atoms with E-state index < -0.39 is 0 Å². The first-order chi connectivity index (χ1) is 15.6. The first-order valence-electron chi connectivity index (χ1n) is 10.5. The van der Waals surface area contributed by atoms with Gasteiger partial charge in [-0.25, -0.2) is 4.98 Å². The minimum atomic E-state index is 0.0111. The number of nitrogens with zero attached hydrogens (tertiary/aromatic N) is 2. The van der Waals surface area contributed by atoms with Crippen molar-refractivity contribution in [2.24, 2.45) is 0 Å². The molecule has 0 N–H and O–H groups in total. The molecule has 5 aromatic rings. The van der Waals surface area contributed by atoms with Crippen molar-refractivity contribution in [3.05, 3.63) is 107 Å². The molecule has 0 aliphatic rings. The molecule has 0 aliphatic carbocycles. The number of thiazole rings is 1. The molecule has 158 valence electrons. The number of amides is 1. The van der Waals surface area contributed by atoms with Crippen molar-refractivity contribution in [2.75, 3.05) is 4.90 Å². The van der Waals surface area contributed by atoms with Crippen LogP contribution in [-0.2, 0) is 17.8 Å². The van der Waals surface area contributed by atoms with E-state index >= 15 is 0 Å². The van der Waals surface area contributed by atoms with Gasteiger partial charge < -0.3 is 0 Å². The van der Waals surface area contributed by atoms with Crippen LogP contribution >= 0.6 is 22.9 Å². The smallest absolute Gasteiger partial charge is 0.233 e. The van der Waals surface area contributed by atoms with Gasteiger partial charge in [0, 0.05) is 0 Å². The van der Waals surface area contributed by atoms with Gasteiger partial charge in [-0.15, -0.1) is 0 Å². The molecule has 0 aliphatic heterocycles. The normalized spacial score (nSPS) is 11.2. The average molecular weight is 457 g/mol. The lowest BCUT2D eigenvalue weighted by molar-refractivity contribution is -0.118. The van der Waals surface area contributed by atoms with Crippen LogP contribution in [-0.4, -0.2) is 10.9 Å². The zero-order chi connectivity index (χ0) is 22.1. The van der Waals surface area contributed by atoms with Gasteiger partial charge in [0.05, 0.1) is 28.2 Å². The summed E-state index contributed by atoms with van der Waals surface area (Å²) in [7, 11) is 0. The lowest BCUT2D eigenvalue weighted by Gasteiger charge is -2.20. The number of carbonyl (C=O) groups is 1. The largest absolute Gasteiger partial charge is 0.283 e. The van der Waals surface area contributed by atoms with Crippen LogP contribution in [0.5, 0.6) is 0 Å². The van der Waals surface area contributed by atoms with Gasteiger partial charge >= 0.3 is 0 Å². The molecule has 3 nitrogen and oxygen atoms in total. The highest BCUT2D eigenvalue weighted by Crippen LogP contribution is 2.36. The van der Waals surface area contributed by atoms with Crippen molar-refractivity contribution in [2.45, 2.75) is 19.9 Å². The van der Waals surface area contributed by atoms with Crippen LogP contribution in [0.25, 0.3) is 21.0 Å². The SMILES string of the molecule is Cc1ccc(Cl)c2sc(N(Cc3ccccc3)C(=O)Cc3ccc4ccccc4c3)nc12. The monoisotopic (exact) mass is 456 g/mol. The molecule has 0 fully saturated rings. The minimum absolute atomic E-state index is 0.0111. The van der Waals surface area contributed by atoms with E-state index in [1.807, 2.05) is 67.6 Å². The molecule has 0 spiro atoms. The van der Waals surface area contributed by atoms with E-state index in [1.54, 1.807) is 4.90 Å². The molecule has 1 amide bonds. The van der Waals surface area contributed by atoms with Gasteiger partial charge in [0.25, 0.3) is 0 Å². The molecular formula is C27H21ClN2OS. The van der Waals surface area contributed by atoms with E-state index in [1.165, 1.54) is 16.7 Å². The summed E-state index contributed by atoms with van der Waals surface area (Å²) in [6.45, 7) is 2.48. The lowest BCUT2D eigenvalue weighted by Crippen LogP contribution is -2.31. The van der Waals surface area contributed by atoms with Crippen LogP contribution in [0.3, 0.4) is 0 Å². The molecule has 32 heavy (non-hydrogen) atoms. The summed E-state index contributed by atoms with van der Waals surface area (Å²) in [5.41, 5.74) is 3.95. The summed E-state index contributed by atoms with van der Waals surface area (Å²) < 4.78 is 0.915. The molecule has 0 saturated heterocycles. The molecule has 0 saturated carbocycles. The number of benzene rings is 4. The highest BCUT2D eigenvalue weighted by molar-refractivity contribution is 7.23. The quantitative estimate of drug-likeness (QED) is 0.280. The second-order valence-electron chi connectivity index (χ2n) is 7.86. The Hall–Kier alpha value is -3.21. The number of rotatable bonds is 5. The van der Waals surface area contributed by atoms with E-state index in [4.69, 9.17) is 16.6 Å². The van der Waals surface area contributed by atoms with Gasteiger partial charge in [-0.3, -0.25) is 9.69 Å². The maximum atomic E-state index is 13.6. The molecule has 4 aromatic carbocycles. The topological polar surface area (TPSA) is 33.2 Å². The number of halogens is 1. The first kappa shape index (κ1) is 20.7. The van der Waals surface area contributed by atoms with E-state index in [0.29, 0.717) is 23.1 Å². The Morgan fingerprint density at radius 1 is 0.906 bits per heavy atom. The molecular weight excluding hydrogens is 436 g/mol. The second-order valence-corrected chi connectivity index (χ2v) is 9.25. The summed E-state index contributed by atoms with van der Waals surface area (Å²) in [5, 5.41) is 3.64. The fourth-order valence-corrected chi connectivity index (χ4v) is 5.19. The standard InChI is InChI=1S/C27H21ClN2OS/c1-18-11-14-23(28)26-25(18)29-27(32-26)30(17-19-7-3-2-4-8-19)24(31)16-20-12-13-21-9-5-6-10-22(21)15-20/h2-15H,16-17H2,1H3. The van der Waals surface area contributed by atoms with Crippen molar-refractivity contribution in [1.29, 1.82) is 0 Å². The van der Waals surface area contributed by atoms with Crippen LogP contribution in [0.2, 0.25) is 5.02 Å². The summed E-state index contributed by atoms with van der Waals surface area (Å²) in [6, 6.07) is 28.2. The molecule has 0 atom stereocenters. The third-order valence-electron chi connectivity index (χ3n) is 5.57. The summed E-state index contributed by atoms with van der Waals surface area (Å²) in [6.07, 6.45) is 0.306. The van der Waals surface area contributed by atoms with E-state index in [-0.39, 0.29) is 5.91 Å². The fraction of sp³-hybridized carbons (Fsp3) is 0.111. The van der Waals surface area contributed by atoms with Crippen molar-refractivity contribution >= 4 is 55.0 Å². The molecule has 5 rings (SSSR count). The highest BCUT2D eigenvalue weighted by atomic mass is 35.5. The third kappa shape index (κ3) is 4.12. The van der Waals surface area contributed by atoms with Crippen molar-refractivity contribution in [3.63, 3.8) is 0 Å². The van der Waals surface area contributed by atoms with Gasteiger partial charge in [0.2, 0.25) is 5.91 Å². The molecule has 0 unspecified atom stereocenters. The van der Waals surface area contributed by atoms with Crippen LogP contribution in [0.4, 0.5) is 5.13 Å². The van der Waals surface area contributed by atoms with Gasteiger partial charge in [0.15, 0.2) is 5.13 Å². The Bertz CT molecular complexity index is 1390. The van der Waals surface area contributed by atoms with Gasteiger partial charge in [0.1, 0.15) is 0 Å². The number of fused-ring (bicyclic) bond motifs is 2. The van der Waals surface area contributed by atoms with Crippen molar-refractivity contribution in [3.8, 4) is 0 Å². The van der Waals surface area contributed by atoms with Gasteiger partial charge in [-0.05, 0) is 40.5 Å². The van der Waals surface area contributed by atoms with Gasteiger partial charge in [-0.2, -0.15) is 0 Å². The zero-order valence-electron chi connectivity index (χ0n) is 17.6. The molecule has 0 bridgehead atoms. The van der Waals surface area contributed by atoms with Crippen LogP contribution in [0, 0.1) is 6.92 Å². The number of carbonyl (C=O) groups excluding carboxylic acids is 1. The number of anilines is 1. The number of aryl methyl sites for hydroxylation is 1. The first-order valence-corrected chi connectivity index (χ1v) is 11.7. The summed E-state index contributed by atoms with van der Waals surface area (Å²) >= 11 is 7.91. The Kier molecular flexibility index (Phi) is 5.64. The average Bonchev–Trinajstić information content (AvgIpc) is 3.27. The Balaban J connectivity index is 1.52. The molecule has 5 heteroatoms. The summed E-state index contributed by atoms with van der Waals surface area (Å²) in [5.74, 6) is 0.0111. The number of hydrogen-bond acceptors (Lipinski definition) is 3. The molecule has 1 aromatic heterocycles. The zero-order valence-corrected chi connectivity index (χ0v) is 19.2. The van der Waals surface area contributed by atoms with Crippen LogP contribution in [0.1, 0.15) is 16.7 Å². The van der Waals surface area contributed by atoms with Gasteiger partial charge in [-0.1, -0.05) is 102 Å². The highest BCUT2D eigenvalue weighted by Gasteiger charge is 2.22. The Morgan fingerprint density at radius 2 is 1.66 bits per heavy atom. The van der Waals surface area contributed by atoms with Crippen LogP contribution < -0.4 is 4.90 Å². The fourth-order valence-electron chi connectivity index (χ4n) is 3.85. The maximum Gasteiger partial charge on any atom is 0.233 e. The second kappa shape index (κ2) is 8.73. The van der Waals surface area contributed by atoms with E-state index in [0.717, 1.165) is 32.3 Å². The molecule has 0 radical (unpaired) electrons. The van der Waals surface area contributed by atoms with Crippen molar-refractivity contribution < 1.29 is 4.79 Å². The summed E-state index contributed by atoms with van der Waals surface area (Å²) in [4.78, 5) is 20.2. The Morgan fingerprint density at radius 3 is 2.44 bits per heavy atom. The Labute approximate surface area is 195 Å². The van der Waals surface area contributed by atoms with E-state index in [9.17, 15) is 4.79 Å². The number of hydrogen-bond donors (Lipinski definition) is 0. The number of aromatic nitrogens is 1. The maximum absolute atomic E-state index is 13.6.